The maximum atomic E-state index is 6.02. The summed E-state index contributed by atoms with van der Waals surface area (Å²) in [5, 5.41) is 0. The van der Waals surface area contributed by atoms with Crippen molar-refractivity contribution in [2.75, 3.05) is 19.8 Å². The van der Waals surface area contributed by atoms with Gasteiger partial charge in [-0.05, 0) is 18.6 Å². The molecule has 102 valence electrons. The van der Waals surface area contributed by atoms with Crippen molar-refractivity contribution in [1.82, 2.24) is 9.55 Å². The van der Waals surface area contributed by atoms with Crippen LogP contribution in [0.4, 0.5) is 0 Å². The molecule has 1 aromatic carbocycles. The molecule has 1 unspecified atom stereocenters. The van der Waals surface area contributed by atoms with E-state index < -0.39 is 0 Å². The largest absolute Gasteiger partial charge is 0.376 e. The third-order valence-corrected chi connectivity index (χ3v) is 3.69. The number of aromatic nitrogens is 2. The van der Waals surface area contributed by atoms with E-state index in [2.05, 4.69) is 28.6 Å². The van der Waals surface area contributed by atoms with Gasteiger partial charge in [-0.15, -0.1) is 11.6 Å². The van der Waals surface area contributed by atoms with E-state index in [1.807, 2.05) is 6.07 Å². The minimum Gasteiger partial charge on any atom is -0.376 e. The Labute approximate surface area is 117 Å². The van der Waals surface area contributed by atoms with Crippen molar-refractivity contribution >= 4 is 22.6 Å². The van der Waals surface area contributed by atoms with E-state index in [-0.39, 0.29) is 6.10 Å². The van der Waals surface area contributed by atoms with Gasteiger partial charge in [0.15, 0.2) is 0 Å². The van der Waals surface area contributed by atoms with Gasteiger partial charge in [0, 0.05) is 0 Å². The molecule has 0 N–H and O–H groups in total. The number of ether oxygens (including phenoxy) is 2. The van der Waals surface area contributed by atoms with E-state index in [1.54, 1.807) is 0 Å². The van der Waals surface area contributed by atoms with Gasteiger partial charge in [-0.25, -0.2) is 4.98 Å². The molecule has 0 spiro atoms. The number of fused-ring (bicyclic) bond motifs is 1. The first kappa shape index (κ1) is 12.9. The molecule has 0 aliphatic carbocycles. The number of hydrogen-bond donors (Lipinski definition) is 0. The average molecular weight is 281 g/mol. The molecule has 0 radical (unpaired) electrons. The molecule has 1 fully saturated rings. The Hall–Kier alpha value is -1.10. The van der Waals surface area contributed by atoms with Crippen molar-refractivity contribution in [3.8, 4) is 0 Å². The topological polar surface area (TPSA) is 36.3 Å². The highest BCUT2D eigenvalue weighted by Crippen LogP contribution is 2.22. The summed E-state index contributed by atoms with van der Waals surface area (Å²) in [6.07, 6.45) is 0.0774. The number of imidazole rings is 1. The molecule has 0 bridgehead atoms. The summed E-state index contributed by atoms with van der Waals surface area (Å²) in [6.45, 7) is 4.78. The third kappa shape index (κ3) is 2.48. The van der Waals surface area contributed by atoms with E-state index in [9.17, 15) is 0 Å². The minimum atomic E-state index is 0.0774. The molecule has 0 saturated carbocycles. The fourth-order valence-electron chi connectivity index (χ4n) is 2.49. The molecule has 1 aliphatic rings. The van der Waals surface area contributed by atoms with Crippen LogP contribution >= 0.6 is 11.6 Å². The smallest absolute Gasteiger partial charge is 0.124 e. The molecule has 4 nitrogen and oxygen atoms in total. The Balaban J connectivity index is 1.98. The number of halogens is 1. The third-order valence-electron chi connectivity index (χ3n) is 3.45. The van der Waals surface area contributed by atoms with Crippen molar-refractivity contribution in [2.24, 2.45) is 0 Å². The zero-order valence-electron chi connectivity index (χ0n) is 10.9. The number of hydrogen-bond acceptors (Lipinski definition) is 3. The molecule has 1 saturated heterocycles. The summed E-state index contributed by atoms with van der Waals surface area (Å²) in [5.74, 6) is 1.29. The first-order chi connectivity index (χ1) is 9.29. The van der Waals surface area contributed by atoms with Crippen LogP contribution in [0.25, 0.3) is 11.0 Å². The van der Waals surface area contributed by atoms with Crippen molar-refractivity contribution in [1.29, 1.82) is 0 Å². The SMILES string of the molecule is Cc1cccc2c1nc(CCl)n2CC1COCCO1. The Kier molecular flexibility index (Phi) is 3.73. The average Bonchev–Trinajstić information content (AvgIpc) is 2.80. The number of alkyl halides is 1. The molecular weight excluding hydrogens is 264 g/mol. The van der Waals surface area contributed by atoms with Gasteiger partial charge in [-0.3, -0.25) is 0 Å². The van der Waals surface area contributed by atoms with Crippen LogP contribution < -0.4 is 0 Å². The monoisotopic (exact) mass is 280 g/mol. The summed E-state index contributed by atoms with van der Waals surface area (Å²) in [7, 11) is 0. The van der Waals surface area contributed by atoms with Gasteiger partial charge in [0.2, 0.25) is 0 Å². The van der Waals surface area contributed by atoms with Crippen molar-refractivity contribution < 1.29 is 9.47 Å². The molecule has 3 rings (SSSR count). The van der Waals surface area contributed by atoms with Gasteiger partial charge in [-0.1, -0.05) is 12.1 Å². The lowest BCUT2D eigenvalue weighted by molar-refractivity contribution is -0.0934. The molecule has 2 heterocycles. The molecule has 1 aliphatic heterocycles. The van der Waals surface area contributed by atoms with Crippen LogP contribution in [0.2, 0.25) is 0 Å². The molecule has 2 aromatic rings. The van der Waals surface area contributed by atoms with E-state index in [0.29, 0.717) is 25.7 Å². The van der Waals surface area contributed by atoms with Crippen molar-refractivity contribution in [2.45, 2.75) is 25.5 Å². The number of benzene rings is 1. The van der Waals surface area contributed by atoms with Gasteiger partial charge in [0.1, 0.15) is 5.82 Å². The predicted molar refractivity (Wildman–Crippen MR) is 74.6 cm³/mol. The van der Waals surface area contributed by atoms with Gasteiger partial charge in [-0.2, -0.15) is 0 Å². The highest BCUT2D eigenvalue weighted by Gasteiger charge is 2.19. The molecular formula is C14H17ClN2O2. The maximum absolute atomic E-state index is 6.02. The van der Waals surface area contributed by atoms with Crippen LogP contribution in [0.3, 0.4) is 0 Å². The van der Waals surface area contributed by atoms with Crippen LogP contribution in [0.5, 0.6) is 0 Å². The summed E-state index contributed by atoms with van der Waals surface area (Å²) >= 11 is 6.02. The fourth-order valence-corrected chi connectivity index (χ4v) is 2.69. The Morgan fingerprint density at radius 1 is 1.42 bits per heavy atom. The van der Waals surface area contributed by atoms with Gasteiger partial charge >= 0.3 is 0 Å². The van der Waals surface area contributed by atoms with E-state index in [0.717, 1.165) is 23.4 Å². The summed E-state index contributed by atoms with van der Waals surface area (Å²) in [5.41, 5.74) is 3.31. The number of rotatable bonds is 3. The van der Waals surface area contributed by atoms with E-state index >= 15 is 0 Å². The first-order valence-electron chi connectivity index (χ1n) is 6.49. The second-order valence-corrected chi connectivity index (χ2v) is 5.05. The van der Waals surface area contributed by atoms with Crippen LogP contribution in [-0.4, -0.2) is 35.5 Å². The normalized spacial score (nSPS) is 20.0. The summed E-state index contributed by atoms with van der Waals surface area (Å²) in [4.78, 5) is 4.63. The summed E-state index contributed by atoms with van der Waals surface area (Å²) < 4.78 is 13.3. The lowest BCUT2D eigenvalue weighted by Gasteiger charge is -2.24. The van der Waals surface area contributed by atoms with Crippen LogP contribution in [0.15, 0.2) is 18.2 Å². The lowest BCUT2D eigenvalue weighted by Crippen LogP contribution is -2.32. The standard InChI is InChI=1S/C14H17ClN2O2/c1-10-3-2-4-12-14(10)16-13(7-15)17(12)8-11-9-18-5-6-19-11/h2-4,11H,5-9H2,1H3. The second-order valence-electron chi connectivity index (χ2n) is 4.78. The van der Waals surface area contributed by atoms with Gasteiger partial charge < -0.3 is 14.0 Å². The molecule has 19 heavy (non-hydrogen) atoms. The van der Waals surface area contributed by atoms with Crippen molar-refractivity contribution in [3.05, 3.63) is 29.6 Å². The lowest BCUT2D eigenvalue weighted by atomic mass is 10.2. The van der Waals surface area contributed by atoms with Crippen LogP contribution in [0.1, 0.15) is 11.4 Å². The molecule has 5 heteroatoms. The first-order valence-corrected chi connectivity index (χ1v) is 7.03. The fraction of sp³-hybridized carbons (Fsp3) is 0.500. The Bertz CT molecular complexity index is 576. The van der Waals surface area contributed by atoms with E-state index in [1.165, 1.54) is 5.56 Å². The van der Waals surface area contributed by atoms with Crippen LogP contribution in [0, 0.1) is 6.92 Å². The second kappa shape index (κ2) is 5.49. The Morgan fingerprint density at radius 3 is 3.05 bits per heavy atom. The molecule has 0 amide bonds. The molecule has 1 aromatic heterocycles. The van der Waals surface area contributed by atoms with Crippen molar-refractivity contribution in [3.63, 3.8) is 0 Å². The maximum Gasteiger partial charge on any atom is 0.124 e. The Morgan fingerprint density at radius 2 is 2.32 bits per heavy atom. The highest BCUT2D eigenvalue weighted by molar-refractivity contribution is 6.16. The van der Waals surface area contributed by atoms with Crippen LogP contribution in [-0.2, 0) is 21.9 Å². The summed E-state index contributed by atoms with van der Waals surface area (Å²) in [6, 6.07) is 6.19. The molecule has 1 atom stereocenters. The highest BCUT2D eigenvalue weighted by atomic mass is 35.5. The minimum absolute atomic E-state index is 0.0774. The number of nitrogens with zero attached hydrogens (tertiary/aromatic N) is 2. The zero-order valence-corrected chi connectivity index (χ0v) is 11.7. The van der Waals surface area contributed by atoms with E-state index in [4.69, 9.17) is 21.1 Å². The number of aryl methyl sites for hydroxylation is 1. The predicted octanol–water partition coefficient (Wildman–Crippen LogP) is 2.50. The quantitative estimate of drug-likeness (QED) is 0.811. The van der Waals surface area contributed by atoms with Gasteiger partial charge in [0.05, 0.1) is 49.4 Å². The zero-order chi connectivity index (χ0) is 13.2. The number of para-hydroxylation sites is 1. The van der Waals surface area contributed by atoms with Gasteiger partial charge in [0.25, 0.3) is 0 Å².